The maximum atomic E-state index is 13.4. The number of carbonyl (C=O) groups excluding carboxylic acids is 4. The molecular formula is C93H68O12S. The van der Waals surface area contributed by atoms with Gasteiger partial charge in [0.25, 0.3) is 0 Å². The smallest absolute Gasteiger partial charge is 0.193 e. The number of ketones is 4. The van der Waals surface area contributed by atoms with Crippen molar-refractivity contribution in [2.45, 2.75) is 31.1 Å². The maximum Gasteiger partial charge on any atom is 0.193 e. The van der Waals surface area contributed by atoms with Crippen molar-refractivity contribution in [3.63, 3.8) is 0 Å². The zero-order chi connectivity index (χ0) is 73.1. The van der Waals surface area contributed by atoms with E-state index < -0.39 is 5.41 Å². The van der Waals surface area contributed by atoms with Gasteiger partial charge < -0.3 is 23.7 Å². The van der Waals surface area contributed by atoms with Gasteiger partial charge in [0, 0.05) is 49.4 Å². The second-order valence-electron chi connectivity index (χ2n) is 25.4. The van der Waals surface area contributed by atoms with Crippen molar-refractivity contribution in [3.05, 3.63) is 417 Å². The van der Waals surface area contributed by atoms with E-state index in [2.05, 4.69) is 82.2 Å². The van der Waals surface area contributed by atoms with Crippen LogP contribution in [0.1, 0.15) is 103 Å². The highest BCUT2D eigenvalue weighted by Crippen LogP contribution is 2.56. The average Bonchev–Trinajstić information content (AvgIpc) is 1.53. The second-order valence-corrected chi connectivity index (χ2v) is 26.2. The number of carbonyl (C=O) groups is 4. The zero-order valence-electron chi connectivity index (χ0n) is 58.1. The summed E-state index contributed by atoms with van der Waals surface area (Å²) in [6.07, 6.45) is 0. The minimum atomic E-state index is -0.597. The summed E-state index contributed by atoms with van der Waals surface area (Å²) in [4.78, 5) is 53.4. The van der Waals surface area contributed by atoms with Gasteiger partial charge in [-0.15, -0.1) is 4.33 Å². The molecule has 0 saturated heterocycles. The number of ether oxygens (including phenoxy) is 5. The van der Waals surface area contributed by atoms with Gasteiger partial charge in [-0.25, -0.2) is 5.26 Å². The van der Waals surface area contributed by atoms with E-state index in [0.29, 0.717) is 95.4 Å². The minimum Gasteiger partial charge on any atom is -0.497 e. The number of hydrogen-bond acceptors (Lipinski definition) is 13. The lowest BCUT2D eigenvalue weighted by Gasteiger charge is -2.34. The fourth-order valence-electron chi connectivity index (χ4n) is 13.0. The molecule has 1 N–H and O–H groups in total. The molecule has 1 aliphatic rings. The molecule has 0 aromatic heterocycles. The fourth-order valence-corrected chi connectivity index (χ4v) is 13.4. The van der Waals surface area contributed by atoms with E-state index in [1.165, 1.54) is 22.3 Å². The molecule has 0 bridgehead atoms. The SMILES string of the molecule is COc1ccc(Oc2ccc(Oc3ccc(C(=O)c4ccc(-c5ccc(C)c(C(=O)c6cccc(SOOO)c6)c5)cc4)cc3)cc2)cc1.Cc1ccc(C(=O)c2ccc(Oc3ccc(C4(c5ccc(Oc6ccc(C(=O)c7ccc(C)cc7)cc6)cc5)c5ccccc5-c5ccccc54)cc3)cc2)cc1. The Labute approximate surface area is 618 Å². The average molecular weight is 1410 g/mol. The van der Waals surface area contributed by atoms with Gasteiger partial charge in [-0.1, -0.05) is 186 Å². The molecule has 0 spiro atoms. The highest BCUT2D eigenvalue weighted by Gasteiger charge is 2.46. The van der Waals surface area contributed by atoms with Crippen LogP contribution in [0.25, 0.3) is 22.3 Å². The van der Waals surface area contributed by atoms with Crippen LogP contribution in [0.4, 0.5) is 0 Å². The van der Waals surface area contributed by atoms with Crippen LogP contribution in [0.5, 0.6) is 51.7 Å². The molecule has 14 aromatic carbocycles. The summed E-state index contributed by atoms with van der Waals surface area (Å²) in [5, 5.41) is 12.1. The van der Waals surface area contributed by atoms with Crippen molar-refractivity contribution < 1.29 is 57.5 Å². The normalized spacial score (nSPS) is 11.6. The van der Waals surface area contributed by atoms with Crippen molar-refractivity contribution in [1.29, 1.82) is 0 Å². The third-order valence-electron chi connectivity index (χ3n) is 18.5. The molecule has 106 heavy (non-hydrogen) atoms. The Morgan fingerprint density at radius 1 is 0.311 bits per heavy atom. The highest BCUT2D eigenvalue weighted by molar-refractivity contribution is 7.94. The molecule has 1 aliphatic carbocycles. The van der Waals surface area contributed by atoms with E-state index in [4.69, 9.17) is 28.9 Å². The lowest BCUT2D eigenvalue weighted by Crippen LogP contribution is -2.28. The molecule has 12 nitrogen and oxygen atoms in total. The Morgan fingerprint density at radius 2 is 0.642 bits per heavy atom. The summed E-state index contributed by atoms with van der Waals surface area (Å²) in [5.41, 5.74) is 15.8. The summed E-state index contributed by atoms with van der Waals surface area (Å²) in [6.45, 7) is 5.90. The number of methoxy groups -OCH3 is 1. The summed E-state index contributed by atoms with van der Waals surface area (Å²) in [7, 11) is 1.62. The van der Waals surface area contributed by atoms with Crippen molar-refractivity contribution in [2.24, 2.45) is 0 Å². The van der Waals surface area contributed by atoms with E-state index in [9.17, 15) is 19.2 Å². The molecule has 15 rings (SSSR count). The Hall–Kier alpha value is -13.0. The van der Waals surface area contributed by atoms with Crippen molar-refractivity contribution in [1.82, 2.24) is 0 Å². The van der Waals surface area contributed by atoms with Crippen LogP contribution in [0, 0.1) is 20.8 Å². The molecular weight excluding hydrogens is 1340 g/mol. The van der Waals surface area contributed by atoms with Crippen molar-refractivity contribution in [3.8, 4) is 74.0 Å². The molecule has 14 aromatic rings. The Kier molecular flexibility index (Phi) is 21.0. The minimum absolute atomic E-state index is 0.0196. The molecule has 0 unspecified atom stereocenters. The van der Waals surface area contributed by atoms with Crippen LogP contribution in [-0.4, -0.2) is 35.5 Å². The first kappa shape index (κ1) is 70.0. The van der Waals surface area contributed by atoms with Crippen LogP contribution in [-0.2, 0) is 14.8 Å². The van der Waals surface area contributed by atoms with Gasteiger partial charge in [0.05, 0.1) is 24.6 Å². The van der Waals surface area contributed by atoms with Crippen LogP contribution in [0.15, 0.2) is 339 Å². The van der Waals surface area contributed by atoms with Gasteiger partial charge in [0.15, 0.2) is 23.1 Å². The molecule has 0 radical (unpaired) electrons. The van der Waals surface area contributed by atoms with Crippen molar-refractivity contribution >= 4 is 35.2 Å². The predicted molar refractivity (Wildman–Crippen MR) is 413 cm³/mol. The predicted octanol–water partition coefficient (Wildman–Crippen LogP) is 22.9. The van der Waals surface area contributed by atoms with Crippen LogP contribution < -0.4 is 23.7 Å². The summed E-state index contributed by atoms with van der Waals surface area (Å²) < 4.78 is 34.1. The van der Waals surface area contributed by atoms with Gasteiger partial charge in [0.2, 0.25) is 0 Å². The zero-order valence-corrected chi connectivity index (χ0v) is 58.9. The third-order valence-corrected chi connectivity index (χ3v) is 19.1. The van der Waals surface area contributed by atoms with E-state index in [-0.39, 0.29) is 23.1 Å². The monoisotopic (exact) mass is 1410 g/mol. The van der Waals surface area contributed by atoms with Crippen LogP contribution >= 0.6 is 12.0 Å². The molecule has 13 heteroatoms. The topological polar surface area (TPSA) is 153 Å². The van der Waals surface area contributed by atoms with Gasteiger partial charge in [0.1, 0.15) is 51.7 Å². The highest BCUT2D eigenvalue weighted by atomic mass is 32.2. The van der Waals surface area contributed by atoms with Crippen LogP contribution in [0.3, 0.4) is 0 Å². The van der Waals surface area contributed by atoms with Gasteiger partial charge in [-0.05, 0) is 235 Å². The molecule has 0 atom stereocenters. The lowest BCUT2D eigenvalue weighted by molar-refractivity contribution is -0.432. The van der Waals surface area contributed by atoms with Gasteiger partial charge in [-0.3, -0.25) is 19.2 Å². The summed E-state index contributed by atoms with van der Waals surface area (Å²) in [6, 6.07) is 105. The molecule has 0 heterocycles. The first-order valence-electron chi connectivity index (χ1n) is 34.2. The number of benzene rings is 14. The first-order chi connectivity index (χ1) is 51.8. The van der Waals surface area contributed by atoms with Gasteiger partial charge in [-0.2, -0.15) is 0 Å². The molecule has 0 amide bonds. The van der Waals surface area contributed by atoms with Crippen molar-refractivity contribution in [2.75, 3.05) is 7.11 Å². The standard InChI is InChI=1S/C53H38O4.C40H30O8S/c1-35-11-15-37(16-12-35)51(54)39-19-27-43(28-20-39)56-45-31-23-41(24-32-45)53(49-9-5-3-7-47(49)48-8-4-6-10-50(48)53)42-25-33-46(34-26-42)57-44-29-21-40(22-30-44)52(55)38-17-13-36(2)14-18-38;1-26-6-7-30(25-38(26)40(42)31-4-3-5-37(24-31)49-48-47-43)27-8-10-28(11-9-27)39(41)29-12-14-33(15-13-29)45-35-20-22-36(23-21-35)46-34-18-16-32(44-2)17-19-34/h3-34H,1-2H3;3-25,43H,1-2H3. The molecule has 0 fully saturated rings. The van der Waals surface area contributed by atoms with Gasteiger partial charge >= 0.3 is 0 Å². The quantitative estimate of drug-likeness (QED) is 0.0280. The largest absolute Gasteiger partial charge is 0.497 e. The molecule has 0 saturated carbocycles. The van der Waals surface area contributed by atoms with E-state index in [0.717, 1.165) is 56.7 Å². The third kappa shape index (κ3) is 15.5. The Morgan fingerprint density at radius 3 is 1.02 bits per heavy atom. The molecule has 0 aliphatic heterocycles. The number of aryl methyl sites for hydroxylation is 3. The number of hydrogen-bond donors (Lipinski definition) is 1. The Balaban J connectivity index is 0.000000180. The van der Waals surface area contributed by atoms with E-state index >= 15 is 0 Å². The summed E-state index contributed by atoms with van der Waals surface area (Å²) >= 11 is 0.791. The van der Waals surface area contributed by atoms with E-state index in [1.54, 1.807) is 67.8 Å². The lowest BCUT2D eigenvalue weighted by atomic mass is 9.68. The van der Waals surface area contributed by atoms with Crippen LogP contribution in [0.2, 0.25) is 0 Å². The first-order valence-corrected chi connectivity index (χ1v) is 35.0. The summed E-state index contributed by atoms with van der Waals surface area (Å²) in [5.74, 6) is 5.73. The molecule has 518 valence electrons. The number of fused-ring (bicyclic) bond motifs is 3. The fraction of sp³-hybridized carbons (Fsp3) is 0.0538. The van der Waals surface area contributed by atoms with E-state index in [1.807, 2.05) is 221 Å². The number of rotatable bonds is 23. The second kappa shape index (κ2) is 31.7. The Bertz CT molecular complexity index is 5280. The maximum absolute atomic E-state index is 13.4.